The lowest BCUT2D eigenvalue weighted by atomic mass is 10.1. The zero-order valence-electron chi connectivity index (χ0n) is 19.7. The van der Waals surface area contributed by atoms with Gasteiger partial charge in [0.2, 0.25) is 0 Å². The molecule has 0 unspecified atom stereocenters. The first kappa shape index (κ1) is 27.7. The van der Waals surface area contributed by atoms with E-state index in [1.165, 1.54) is 11.6 Å². The van der Waals surface area contributed by atoms with Crippen LogP contribution in [0.4, 0.5) is 13.2 Å². The van der Waals surface area contributed by atoms with Crippen molar-refractivity contribution >= 4 is 50.7 Å². The van der Waals surface area contributed by atoms with Gasteiger partial charge in [-0.15, -0.1) is 0 Å². The molecule has 0 aliphatic carbocycles. The van der Waals surface area contributed by atoms with E-state index in [0.29, 0.717) is 31.3 Å². The summed E-state index contributed by atoms with van der Waals surface area (Å²) in [5.74, 6) is -1.91. The number of esters is 1. The Morgan fingerprint density at radius 3 is 2.42 bits per heavy atom. The molecule has 0 aliphatic heterocycles. The summed E-state index contributed by atoms with van der Waals surface area (Å²) < 4.78 is 49.6. The number of fused-ring (bicyclic) bond motifs is 1. The molecule has 0 bridgehead atoms. The minimum absolute atomic E-state index is 0.176. The van der Waals surface area contributed by atoms with Crippen LogP contribution in [0, 0.1) is 0 Å². The molecule has 0 aliphatic rings. The average molecular weight is 587 g/mol. The fourth-order valence-corrected chi connectivity index (χ4v) is 5.18. The first-order valence-corrected chi connectivity index (χ1v) is 12.7. The SMILES string of the molecule is Cn1c(=O)n(CCCOC(=O)C(F)(F)F)c(=O)c2c(Cc3ccc(Cl)cc3)c(Oc3cccc(Cl)c3)sc21. The summed E-state index contributed by atoms with van der Waals surface area (Å²) in [6.45, 7) is -0.871. The molecule has 0 saturated carbocycles. The number of benzene rings is 2. The molecule has 38 heavy (non-hydrogen) atoms. The van der Waals surface area contributed by atoms with Crippen LogP contribution in [0.2, 0.25) is 10.0 Å². The fourth-order valence-electron chi connectivity index (χ4n) is 3.73. The Bertz CT molecular complexity index is 1610. The van der Waals surface area contributed by atoms with E-state index in [-0.39, 0.29) is 24.8 Å². The third-order valence-corrected chi connectivity index (χ3v) is 7.20. The molecule has 0 spiro atoms. The molecule has 0 atom stereocenters. The second kappa shape index (κ2) is 11.2. The lowest BCUT2D eigenvalue weighted by molar-refractivity contribution is -0.199. The number of hydrogen-bond donors (Lipinski definition) is 0. The van der Waals surface area contributed by atoms with Gasteiger partial charge in [0.1, 0.15) is 10.6 Å². The van der Waals surface area contributed by atoms with Crippen LogP contribution in [0.25, 0.3) is 10.2 Å². The Balaban J connectivity index is 1.76. The van der Waals surface area contributed by atoms with Gasteiger partial charge in [-0.25, -0.2) is 9.59 Å². The topological polar surface area (TPSA) is 79.5 Å². The van der Waals surface area contributed by atoms with Crippen LogP contribution in [0.3, 0.4) is 0 Å². The third-order valence-electron chi connectivity index (χ3n) is 5.52. The van der Waals surface area contributed by atoms with Gasteiger partial charge in [-0.3, -0.25) is 13.9 Å². The van der Waals surface area contributed by atoms with Gasteiger partial charge in [0.05, 0.1) is 12.0 Å². The maximum Gasteiger partial charge on any atom is 0.490 e. The highest BCUT2D eigenvalue weighted by molar-refractivity contribution is 7.20. The Hall–Kier alpha value is -3.28. The Morgan fingerprint density at radius 1 is 1.05 bits per heavy atom. The van der Waals surface area contributed by atoms with Crippen LogP contribution in [-0.4, -0.2) is 27.9 Å². The van der Waals surface area contributed by atoms with Gasteiger partial charge in [-0.1, -0.05) is 52.7 Å². The molecular weight excluding hydrogens is 568 g/mol. The van der Waals surface area contributed by atoms with E-state index < -0.39 is 30.0 Å². The van der Waals surface area contributed by atoms with Crippen molar-refractivity contribution in [2.24, 2.45) is 7.05 Å². The third kappa shape index (κ3) is 6.06. The summed E-state index contributed by atoms with van der Waals surface area (Å²) in [5.41, 5.74) is 0.0405. The fraction of sp³-hybridized carbons (Fsp3) is 0.240. The van der Waals surface area contributed by atoms with E-state index in [2.05, 4.69) is 4.74 Å². The van der Waals surface area contributed by atoms with Gasteiger partial charge in [-0.2, -0.15) is 13.2 Å². The highest BCUT2D eigenvalue weighted by Crippen LogP contribution is 2.40. The molecule has 7 nitrogen and oxygen atoms in total. The van der Waals surface area contributed by atoms with Gasteiger partial charge in [0.25, 0.3) is 5.56 Å². The largest absolute Gasteiger partial charge is 0.490 e. The van der Waals surface area contributed by atoms with Crippen molar-refractivity contribution in [1.82, 2.24) is 9.13 Å². The number of carbonyl (C=O) groups is 1. The summed E-state index contributed by atoms with van der Waals surface area (Å²) in [6, 6.07) is 13.7. The summed E-state index contributed by atoms with van der Waals surface area (Å²) in [4.78, 5) is 37.8. The monoisotopic (exact) mass is 586 g/mol. The number of nitrogens with zero attached hydrogens (tertiary/aromatic N) is 2. The molecule has 0 fully saturated rings. The summed E-state index contributed by atoms with van der Waals surface area (Å²) in [5, 5.41) is 1.59. The zero-order chi connectivity index (χ0) is 27.6. The van der Waals surface area contributed by atoms with Crippen molar-refractivity contribution < 1.29 is 27.4 Å². The van der Waals surface area contributed by atoms with Crippen LogP contribution in [-0.2, 0) is 29.5 Å². The highest BCUT2D eigenvalue weighted by Gasteiger charge is 2.40. The Labute approximate surface area is 227 Å². The molecule has 200 valence electrons. The van der Waals surface area contributed by atoms with E-state index in [0.717, 1.165) is 21.5 Å². The first-order chi connectivity index (χ1) is 18.0. The summed E-state index contributed by atoms with van der Waals surface area (Å²) in [6.07, 6.45) is -5.03. The normalized spacial score (nSPS) is 11.6. The van der Waals surface area contributed by atoms with Gasteiger partial charge in [0.15, 0.2) is 5.06 Å². The van der Waals surface area contributed by atoms with Crippen molar-refractivity contribution in [1.29, 1.82) is 0 Å². The van der Waals surface area contributed by atoms with Crippen LogP contribution in [0.15, 0.2) is 58.1 Å². The minimum atomic E-state index is -5.13. The molecule has 0 N–H and O–H groups in total. The lowest BCUT2D eigenvalue weighted by Gasteiger charge is -2.11. The number of carbonyl (C=O) groups excluding carboxylic acids is 1. The molecule has 4 aromatic rings. The second-order valence-electron chi connectivity index (χ2n) is 8.20. The number of ether oxygens (including phenoxy) is 2. The van der Waals surface area contributed by atoms with Gasteiger partial charge >= 0.3 is 17.8 Å². The molecule has 0 saturated heterocycles. The molecule has 0 radical (unpaired) electrons. The summed E-state index contributed by atoms with van der Waals surface area (Å²) >= 11 is 13.2. The number of thiophene rings is 1. The van der Waals surface area contributed by atoms with E-state index in [9.17, 15) is 27.6 Å². The number of halogens is 5. The Kier molecular flexibility index (Phi) is 8.19. The van der Waals surface area contributed by atoms with Crippen molar-refractivity contribution in [3.63, 3.8) is 0 Å². The predicted octanol–water partition coefficient (Wildman–Crippen LogP) is 5.95. The number of rotatable bonds is 8. The van der Waals surface area contributed by atoms with Crippen LogP contribution >= 0.6 is 34.5 Å². The maximum atomic E-state index is 13.5. The maximum absolute atomic E-state index is 13.5. The molecule has 13 heteroatoms. The number of alkyl halides is 3. The highest BCUT2D eigenvalue weighted by atomic mass is 35.5. The van der Waals surface area contributed by atoms with Crippen molar-refractivity contribution in [3.05, 3.63) is 90.5 Å². The Morgan fingerprint density at radius 2 is 1.76 bits per heavy atom. The number of hydrogen-bond acceptors (Lipinski definition) is 6. The summed E-state index contributed by atoms with van der Waals surface area (Å²) in [7, 11) is 1.48. The minimum Gasteiger partial charge on any atom is -0.459 e. The smallest absolute Gasteiger partial charge is 0.459 e. The van der Waals surface area contributed by atoms with E-state index in [4.69, 9.17) is 27.9 Å². The second-order valence-corrected chi connectivity index (χ2v) is 10.0. The van der Waals surface area contributed by atoms with Crippen molar-refractivity contribution in [2.45, 2.75) is 25.6 Å². The molecule has 0 amide bonds. The van der Waals surface area contributed by atoms with Crippen LogP contribution in [0.5, 0.6) is 10.8 Å². The van der Waals surface area contributed by atoms with E-state index in [1.54, 1.807) is 48.5 Å². The van der Waals surface area contributed by atoms with Gasteiger partial charge in [-0.05, 0) is 42.3 Å². The van der Waals surface area contributed by atoms with Crippen LogP contribution in [0.1, 0.15) is 17.5 Å². The first-order valence-electron chi connectivity index (χ1n) is 11.1. The van der Waals surface area contributed by atoms with Gasteiger partial charge in [0, 0.05) is 35.6 Å². The van der Waals surface area contributed by atoms with E-state index in [1.807, 2.05) is 0 Å². The average Bonchev–Trinajstić information content (AvgIpc) is 3.20. The molecule has 2 heterocycles. The predicted molar refractivity (Wildman–Crippen MR) is 139 cm³/mol. The molecule has 2 aromatic carbocycles. The quantitative estimate of drug-likeness (QED) is 0.188. The number of aryl methyl sites for hydroxylation is 1. The van der Waals surface area contributed by atoms with Crippen LogP contribution < -0.4 is 16.0 Å². The lowest BCUT2D eigenvalue weighted by Crippen LogP contribution is -2.39. The molecule has 4 rings (SSSR count). The van der Waals surface area contributed by atoms with Crippen molar-refractivity contribution in [3.8, 4) is 10.8 Å². The molecule has 2 aromatic heterocycles. The van der Waals surface area contributed by atoms with Crippen molar-refractivity contribution in [2.75, 3.05) is 6.61 Å². The van der Waals surface area contributed by atoms with Gasteiger partial charge < -0.3 is 9.47 Å². The molecular formula is C25H19Cl2F3N2O5S. The standard InChI is InChI=1S/C25H19Cl2F3N2O5S/c1-31-21-19(20(33)32(24(31)35)10-3-11-36-23(34)25(28,29)30)18(12-14-6-8-15(26)9-7-14)22(38-21)37-17-5-2-4-16(27)13-17/h2,4-9,13H,3,10-12H2,1H3. The number of aromatic nitrogens is 2. The zero-order valence-corrected chi connectivity index (χ0v) is 22.0. The van der Waals surface area contributed by atoms with E-state index >= 15 is 0 Å².